The zero-order valence-corrected chi connectivity index (χ0v) is 10.1. The summed E-state index contributed by atoms with van der Waals surface area (Å²) in [5, 5.41) is 0. The van der Waals surface area contributed by atoms with Gasteiger partial charge in [0.05, 0.1) is 9.52 Å². The molecule has 78 valence electrons. The van der Waals surface area contributed by atoms with Gasteiger partial charge in [-0.1, -0.05) is 60.7 Å². The van der Waals surface area contributed by atoms with Crippen LogP contribution in [0.4, 0.5) is 0 Å². The molecule has 0 bridgehead atoms. The maximum absolute atomic E-state index is 3.86. The van der Waals surface area contributed by atoms with Crippen LogP contribution in [-0.4, -0.2) is 9.52 Å². The minimum atomic E-state index is 0.458. The van der Waals surface area contributed by atoms with Crippen LogP contribution in [0.25, 0.3) is 0 Å². The molecule has 0 unspecified atom stereocenters. The van der Waals surface area contributed by atoms with Crippen LogP contribution in [0.15, 0.2) is 72.9 Å². The largest absolute Gasteiger partial charge is 0.107 e. The zero-order valence-electron chi connectivity index (χ0n) is 9.14. The van der Waals surface area contributed by atoms with Gasteiger partial charge in [-0.15, -0.1) is 12.3 Å². The first-order chi connectivity index (χ1) is 7.92. The Morgan fingerprint density at radius 3 is 1.62 bits per heavy atom. The molecule has 0 aliphatic carbocycles. The van der Waals surface area contributed by atoms with Crippen LogP contribution in [0.3, 0.4) is 0 Å². The zero-order chi connectivity index (χ0) is 11.2. The number of hydrogen-bond donors (Lipinski definition) is 0. The van der Waals surface area contributed by atoms with Crippen molar-refractivity contribution in [2.24, 2.45) is 0 Å². The van der Waals surface area contributed by atoms with Gasteiger partial charge in [0, 0.05) is 5.54 Å². The van der Waals surface area contributed by atoms with E-state index < -0.39 is 0 Å². The van der Waals surface area contributed by atoms with Crippen LogP contribution in [0.5, 0.6) is 0 Å². The average molecular weight is 222 g/mol. The Balaban J connectivity index is 2.35. The minimum Gasteiger partial charge on any atom is -0.107 e. The molecule has 0 atom stereocenters. The molecule has 0 spiro atoms. The summed E-state index contributed by atoms with van der Waals surface area (Å²) in [6.07, 6.45) is 0. The summed E-state index contributed by atoms with van der Waals surface area (Å²) in [7, 11) is 0.725. The van der Waals surface area contributed by atoms with Crippen LogP contribution in [0, 0.1) is 0 Å². The van der Waals surface area contributed by atoms with Gasteiger partial charge in [-0.05, 0) is 11.1 Å². The van der Waals surface area contributed by atoms with Gasteiger partial charge in [-0.25, -0.2) is 0 Å². The van der Waals surface area contributed by atoms with Crippen molar-refractivity contribution >= 4 is 9.52 Å². The van der Waals surface area contributed by atoms with Crippen molar-refractivity contribution < 1.29 is 0 Å². The number of hydrogen-bond acceptors (Lipinski definition) is 0. The molecule has 0 N–H and O–H groups in total. The Bertz CT molecular complexity index is 394. The quantitative estimate of drug-likeness (QED) is 0.693. The Labute approximate surface area is 99.5 Å². The van der Waals surface area contributed by atoms with Crippen molar-refractivity contribution in [3.8, 4) is 0 Å². The third-order valence-electron chi connectivity index (χ3n) is 2.55. The van der Waals surface area contributed by atoms with Crippen molar-refractivity contribution in [1.29, 1.82) is 0 Å². The Morgan fingerprint density at radius 2 is 1.25 bits per heavy atom. The molecule has 0 aliphatic heterocycles. The lowest BCUT2D eigenvalue weighted by Crippen LogP contribution is -2.07. The van der Waals surface area contributed by atoms with E-state index in [0.717, 1.165) is 9.52 Å². The van der Waals surface area contributed by atoms with Crippen LogP contribution in [0.2, 0.25) is 0 Å². The van der Waals surface area contributed by atoms with E-state index in [1.165, 1.54) is 11.1 Å². The predicted molar refractivity (Wildman–Crippen MR) is 70.7 cm³/mol. The highest BCUT2D eigenvalue weighted by Crippen LogP contribution is 2.23. The van der Waals surface area contributed by atoms with E-state index in [1.807, 2.05) is 5.70 Å². The van der Waals surface area contributed by atoms with Gasteiger partial charge in [0.15, 0.2) is 0 Å². The second kappa shape index (κ2) is 5.47. The van der Waals surface area contributed by atoms with E-state index in [-0.39, 0.29) is 0 Å². The average Bonchev–Trinajstić information content (AvgIpc) is 2.38. The lowest BCUT2D eigenvalue weighted by Gasteiger charge is -2.15. The highest BCUT2D eigenvalue weighted by molar-refractivity contribution is 6.45. The van der Waals surface area contributed by atoms with Crippen LogP contribution in [0.1, 0.15) is 16.7 Å². The molecule has 0 amide bonds. The maximum atomic E-state index is 3.86. The van der Waals surface area contributed by atoms with Crippen molar-refractivity contribution in [2.75, 3.05) is 0 Å². The van der Waals surface area contributed by atoms with Gasteiger partial charge >= 0.3 is 0 Å². The van der Waals surface area contributed by atoms with Crippen molar-refractivity contribution in [3.63, 3.8) is 0 Å². The fraction of sp³-hybridized carbons (Fsp3) is 0.0667. The van der Waals surface area contributed by atoms with Gasteiger partial charge in [0.1, 0.15) is 0 Å². The monoisotopic (exact) mass is 222 g/mol. The molecule has 0 heterocycles. The standard InChI is InChI=1S/C15H14Si/c1-2-16-15(13-9-5-3-6-10-13)14-11-7-4-8-12-14/h2-12,15H,1H2. The third-order valence-corrected chi connectivity index (χ3v) is 3.79. The fourth-order valence-electron chi connectivity index (χ4n) is 1.79. The summed E-state index contributed by atoms with van der Waals surface area (Å²) < 4.78 is 0. The Kier molecular flexibility index (Phi) is 3.73. The predicted octanol–water partition coefficient (Wildman–Crippen LogP) is 3.62. The minimum absolute atomic E-state index is 0.458. The fourth-order valence-corrected chi connectivity index (χ4v) is 2.80. The molecular formula is C15H14Si. The molecule has 16 heavy (non-hydrogen) atoms. The molecule has 0 saturated carbocycles. The molecule has 0 saturated heterocycles. The molecule has 1 heteroatoms. The van der Waals surface area contributed by atoms with Gasteiger partial charge in [0.25, 0.3) is 0 Å². The summed E-state index contributed by atoms with van der Waals surface area (Å²) >= 11 is 0. The second-order valence-corrected chi connectivity index (χ2v) is 4.94. The van der Waals surface area contributed by atoms with Crippen molar-refractivity contribution in [3.05, 3.63) is 84.1 Å². The van der Waals surface area contributed by atoms with E-state index >= 15 is 0 Å². The highest BCUT2D eigenvalue weighted by Gasteiger charge is 2.11. The van der Waals surface area contributed by atoms with E-state index in [0.29, 0.717) is 5.54 Å². The maximum Gasteiger partial charge on any atom is 0.0837 e. The molecule has 0 fully saturated rings. The first-order valence-corrected chi connectivity index (χ1v) is 6.54. The van der Waals surface area contributed by atoms with Gasteiger partial charge in [-0.2, -0.15) is 0 Å². The lowest BCUT2D eigenvalue weighted by molar-refractivity contribution is 1.13. The summed E-state index contributed by atoms with van der Waals surface area (Å²) in [4.78, 5) is 0. The molecule has 2 aromatic carbocycles. The Morgan fingerprint density at radius 1 is 0.812 bits per heavy atom. The first-order valence-electron chi connectivity index (χ1n) is 5.38. The van der Waals surface area contributed by atoms with Crippen LogP contribution < -0.4 is 0 Å². The molecule has 2 aromatic rings. The smallest absolute Gasteiger partial charge is 0.0837 e. The van der Waals surface area contributed by atoms with Gasteiger partial charge < -0.3 is 0 Å². The summed E-state index contributed by atoms with van der Waals surface area (Å²) in [6, 6.07) is 21.3. The third kappa shape index (κ3) is 2.50. The SMILES string of the molecule is C=C[Si]C(c1ccccc1)c1ccccc1. The normalized spacial score (nSPS) is 10.3. The highest BCUT2D eigenvalue weighted by atomic mass is 28.2. The molecule has 0 nitrogen and oxygen atoms in total. The molecule has 2 radical (unpaired) electrons. The summed E-state index contributed by atoms with van der Waals surface area (Å²) in [6.45, 7) is 3.86. The molecule has 2 rings (SSSR count). The number of benzene rings is 2. The van der Waals surface area contributed by atoms with E-state index in [1.54, 1.807) is 0 Å². The first kappa shape index (κ1) is 10.9. The topological polar surface area (TPSA) is 0 Å². The van der Waals surface area contributed by atoms with E-state index in [2.05, 4.69) is 67.2 Å². The summed E-state index contributed by atoms with van der Waals surface area (Å²) in [5.74, 6) is 0. The second-order valence-electron chi connectivity index (χ2n) is 3.63. The number of rotatable bonds is 4. The van der Waals surface area contributed by atoms with Gasteiger partial charge in [0.2, 0.25) is 0 Å². The summed E-state index contributed by atoms with van der Waals surface area (Å²) in [5.41, 5.74) is 5.21. The molecule has 0 aromatic heterocycles. The molecule has 0 aliphatic rings. The van der Waals surface area contributed by atoms with Crippen LogP contribution in [-0.2, 0) is 0 Å². The van der Waals surface area contributed by atoms with Gasteiger partial charge in [-0.3, -0.25) is 0 Å². The Hall–Kier alpha value is -1.60. The lowest BCUT2D eigenvalue weighted by atomic mass is 10.0. The van der Waals surface area contributed by atoms with E-state index in [9.17, 15) is 0 Å². The van der Waals surface area contributed by atoms with Crippen LogP contribution >= 0.6 is 0 Å². The molecular weight excluding hydrogens is 208 g/mol. The van der Waals surface area contributed by atoms with Crippen molar-refractivity contribution in [2.45, 2.75) is 5.54 Å². The van der Waals surface area contributed by atoms with Crippen molar-refractivity contribution in [1.82, 2.24) is 0 Å². The van der Waals surface area contributed by atoms with E-state index in [4.69, 9.17) is 0 Å².